The molecule has 16 heteroatoms. The second-order valence-electron chi connectivity index (χ2n) is 9.49. The second-order valence-corrected chi connectivity index (χ2v) is 9.49. The van der Waals surface area contributed by atoms with Gasteiger partial charge in [-0.3, -0.25) is 0 Å². The number of esters is 8. The van der Waals surface area contributed by atoms with Crippen LogP contribution in [0.15, 0.2) is 101 Å². The summed E-state index contributed by atoms with van der Waals surface area (Å²) < 4.78 is 39.6. The fourth-order valence-electron chi connectivity index (χ4n) is 2.77. The third kappa shape index (κ3) is 20.7. The standard InChI is InChI=1S/2C17H20O8/c2*1-5-13(18)22-9-17(10-23-14(19)6-2,11-24-15(20)7-3)12-25-16(21)8-4/h2*5-8H,1-4,9-12H2. The third-order valence-electron chi connectivity index (χ3n) is 5.50. The Morgan fingerprint density at radius 3 is 0.460 bits per heavy atom. The van der Waals surface area contributed by atoms with E-state index < -0.39 is 58.6 Å². The number of hydrogen-bond acceptors (Lipinski definition) is 16. The summed E-state index contributed by atoms with van der Waals surface area (Å²) in [4.78, 5) is 90.6. The van der Waals surface area contributed by atoms with Crippen molar-refractivity contribution in [1.82, 2.24) is 0 Å². The molecule has 272 valence electrons. The molecule has 0 saturated heterocycles. The van der Waals surface area contributed by atoms with Gasteiger partial charge in [-0.15, -0.1) is 0 Å². The maximum atomic E-state index is 11.3. The van der Waals surface area contributed by atoms with E-state index in [4.69, 9.17) is 37.9 Å². The van der Waals surface area contributed by atoms with Crippen LogP contribution in [0.1, 0.15) is 0 Å². The van der Waals surface area contributed by atoms with Gasteiger partial charge in [-0.25, -0.2) is 38.4 Å². The Bertz CT molecular complexity index is 1020. The van der Waals surface area contributed by atoms with Crippen molar-refractivity contribution in [3.05, 3.63) is 101 Å². The van der Waals surface area contributed by atoms with E-state index >= 15 is 0 Å². The molecule has 0 radical (unpaired) electrons. The molecule has 0 spiro atoms. The van der Waals surface area contributed by atoms with Crippen molar-refractivity contribution in [3.8, 4) is 0 Å². The molecule has 0 aromatic carbocycles. The monoisotopic (exact) mass is 704 g/mol. The van der Waals surface area contributed by atoms with Crippen LogP contribution in [-0.2, 0) is 76.3 Å². The van der Waals surface area contributed by atoms with Gasteiger partial charge in [0.05, 0.1) is 0 Å². The van der Waals surface area contributed by atoms with E-state index in [9.17, 15) is 38.4 Å². The van der Waals surface area contributed by atoms with Crippen LogP contribution in [0.2, 0.25) is 0 Å². The molecule has 0 aliphatic heterocycles. The highest BCUT2D eigenvalue weighted by atomic mass is 16.6. The van der Waals surface area contributed by atoms with Gasteiger partial charge in [0.15, 0.2) is 0 Å². The lowest BCUT2D eigenvalue weighted by Gasteiger charge is -2.31. The minimum atomic E-state index is -1.34. The highest BCUT2D eigenvalue weighted by molar-refractivity contribution is 5.84. The summed E-state index contributed by atoms with van der Waals surface area (Å²) in [5, 5.41) is 0. The minimum absolute atomic E-state index is 0.378. The van der Waals surface area contributed by atoms with Crippen molar-refractivity contribution in [2.45, 2.75) is 0 Å². The van der Waals surface area contributed by atoms with E-state index in [1.54, 1.807) is 0 Å². The fourth-order valence-corrected chi connectivity index (χ4v) is 2.77. The molecule has 0 aliphatic rings. The summed E-state index contributed by atoms with van der Waals surface area (Å²) >= 11 is 0. The van der Waals surface area contributed by atoms with Crippen LogP contribution in [-0.4, -0.2) is 101 Å². The van der Waals surface area contributed by atoms with E-state index in [2.05, 4.69) is 52.6 Å². The molecule has 0 rings (SSSR count). The van der Waals surface area contributed by atoms with Crippen LogP contribution in [0.4, 0.5) is 0 Å². The molecule has 16 nitrogen and oxygen atoms in total. The van der Waals surface area contributed by atoms with Gasteiger partial charge in [0, 0.05) is 48.6 Å². The molecule has 0 amide bonds. The minimum Gasteiger partial charge on any atom is -0.462 e. The van der Waals surface area contributed by atoms with Gasteiger partial charge < -0.3 is 37.9 Å². The van der Waals surface area contributed by atoms with Crippen LogP contribution in [0.5, 0.6) is 0 Å². The first kappa shape index (κ1) is 45.8. The van der Waals surface area contributed by atoms with Crippen LogP contribution in [0.25, 0.3) is 0 Å². The zero-order valence-electron chi connectivity index (χ0n) is 27.5. The Kier molecular flexibility index (Phi) is 23.6. The predicted molar refractivity (Wildman–Crippen MR) is 174 cm³/mol. The van der Waals surface area contributed by atoms with Gasteiger partial charge >= 0.3 is 47.8 Å². The van der Waals surface area contributed by atoms with E-state index in [0.717, 1.165) is 48.6 Å². The molecule has 0 aliphatic carbocycles. The lowest BCUT2D eigenvalue weighted by atomic mass is 9.92. The molecule has 0 unspecified atom stereocenters. The van der Waals surface area contributed by atoms with E-state index in [1.165, 1.54) is 0 Å². The average Bonchev–Trinajstić information content (AvgIpc) is 3.15. The quantitative estimate of drug-likeness (QED) is 0.0796. The number of carbonyl (C=O) groups excluding carboxylic acids is 8. The first-order valence-corrected chi connectivity index (χ1v) is 14.0. The largest absolute Gasteiger partial charge is 0.462 e. The van der Waals surface area contributed by atoms with Gasteiger partial charge in [-0.1, -0.05) is 52.6 Å². The Hall–Kier alpha value is -6.32. The predicted octanol–water partition coefficient (Wildman–Crippen LogP) is 1.78. The van der Waals surface area contributed by atoms with E-state index in [0.29, 0.717) is 0 Å². The lowest BCUT2D eigenvalue weighted by Crippen LogP contribution is -2.43. The molecule has 0 aromatic rings. The average molecular weight is 705 g/mol. The van der Waals surface area contributed by atoms with Crippen LogP contribution in [0, 0.1) is 10.8 Å². The summed E-state index contributed by atoms with van der Waals surface area (Å²) in [6.45, 7) is 23.0. The smallest absolute Gasteiger partial charge is 0.330 e. The summed E-state index contributed by atoms with van der Waals surface area (Å²) in [6.07, 6.45) is 7.38. The van der Waals surface area contributed by atoms with Gasteiger partial charge in [0.1, 0.15) is 63.7 Å². The number of rotatable bonds is 24. The second kappa shape index (κ2) is 25.7. The van der Waals surface area contributed by atoms with Crippen LogP contribution >= 0.6 is 0 Å². The molecule has 0 heterocycles. The first-order valence-electron chi connectivity index (χ1n) is 14.0. The maximum Gasteiger partial charge on any atom is 0.330 e. The number of hydrogen-bond donors (Lipinski definition) is 0. The molecule has 0 saturated carbocycles. The maximum absolute atomic E-state index is 11.3. The molecule has 0 bridgehead atoms. The summed E-state index contributed by atoms with van der Waals surface area (Å²) in [5.41, 5.74) is -2.68. The highest BCUT2D eigenvalue weighted by Gasteiger charge is 2.38. The Balaban J connectivity index is 0. The van der Waals surface area contributed by atoms with Crippen molar-refractivity contribution < 1.29 is 76.3 Å². The molecule has 0 fully saturated rings. The summed E-state index contributed by atoms with van der Waals surface area (Å²) in [6, 6.07) is 0. The summed E-state index contributed by atoms with van der Waals surface area (Å²) in [5.74, 6) is -6.08. The van der Waals surface area contributed by atoms with Crippen molar-refractivity contribution in [3.63, 3.8) is 0 Å². The first-order chi connectivity index (χ1) is 23.6. The van der Waals surface area contributed by atoms with Crippen molar-refractivity contribution in [1.29, 1.82) is 0 Å². The highest BCUT2D eigenvalue weighted by Crippen LogP contribution is 2.23. The van der Waals surface area contributed by atoms with Crippen LogP contribution in [0.3, 0.4) is 0 Å². The number of ether oxygens (including phenoxy) is 8. The van der Waals surface area contributed by atoms with Crippen molar-refractivity contribution >= 4 is 47.8 Å². The molecule has 0 N–H and O–H groups in total. The molecular weight excluding hydrogens is 664 g/mol. The van der Waals surface area contributed by atoms with Crippen molar-refractivity contribution in [2.75, 3.05) is 52.9 Å². The Morgan fingerprint density at radius 2 is 0.380 bits per heavy atom. The lowest BCUT2D eigenvalue weighted by molar-refractivity contribution is -0.167. The Labute approximate surface area is 288 Å². The van der Waals surface area contributed by atoms with Gasteiger partial charge in [0.2, 0.25) is 0 Å². The molecule has 0 aromatic heterocycles. The molecule has 0 atom stereocenters. The van der Waals surface area contributed by atoms with Gasteiger partial charge in [-0.2, -0.15) is 0 Å². The van der Waals surface area contributed by atoms with Gasteiger partial charge in [0.25, 0.3) is 0 Å². The zero-order chi connectivity index (χ0) is 38.6. The van der Waals surface area contributed by atoms with Gasteiger partial charge in [-0.05, 0) is 0 Å². The summed E-state index contributed by atoms with van der Waals surface area (Å²) in [7, 11) is 0. The normalized spacial score (nSPS) is 9.92. The van der Waals surface area contributed by atoms with Crippen molar-refractivity contribution in [2.24, 2.45) is 10.8 Å². The van der Waals surface area contributed by atoms with E-state index in [1.807, 2.05) is 0 Å². The van der Waals surface area contributed by atoms with E-state index in [-0.39, 0.29) is 52.9 Å². The number of carbonyl (C=O) groups is 8. The molecular formula is C34H40O16. The topological polar surface area (TPSA) is 210 Å². The molecule has 50 heavy (non-hydrogen) atoms. The Morgan fingerprint density at radius 1 is 0.280 bits per heavy atom. The SMILES string of the molecule is C=CC(=O)OCC(COC(=O)C=C)(COC(=O)C=C)COC(=O)C=C.C=CC(=O)OCC(COC(=O)C=C)(COC(=O)C=C)COC(=O)C=C. The third-order valence-corrected chi connectivity index (χ3v) is 5.50. The fraction of sp³-hybridized carbons (Fsp3) is 0.294. The van der Waals surface area contributed by atoms with Crippen LogP contribution < -0.4 is 0 Å². The zero-order valence-corrected chi connectivity index (χ0v) is 27.5.